The van der Waals surface area contributed by atoms with Crippen LogP contribution in [0, 0.1) is 6.92 Å². The van der Waals surface area contributed by atoms with Crippen molar-refractivity contribution in [3.05, 3.63) is 82.8 Å². The van der Waals surface area contributed by atoms with E-state index in [2.05, 4.69) is 20.9 Å². The molecule has 0 radical (unpaired) electrons. The molecule has 4 nitrogen and oxygen atoms in total. The molecule has 0 bridgehead atoms. The summed E-state index contributed by atoms with van der Waals surface area (Å²) in [7, 11) is 0. The van der Waals surface area contributed by atoms with Crippen LogP contribution in [0.5, 0.6) is 0 Å². The molecule has 3 aromatic rings. The fraction of sp³-hybridized carbons (Fsp3) is 0.158. The fourth-order valence-electron chi connectivity index (χ4n) is 2.80. The molecule has 0 fully saturated rings. The Labute approximate surface area is 167 Å². The van der Waals surface area contributed by atoms with Crippen molar-refractivity contribution in [3.63, 3.8) is 0 Å². The van der Waals surface area contributed by atoms with E-state index in [1.807, 2.05) is 60.4 Å². The van der Waals surface area contributed by atoms with Crippen molar-refractivity contribution in [2.45, 2.75) is 13.6 Å². The molecule has 0 atom stereocenters. The minimum absolute atomic E-state index is 0.0170. The standard InChI is InChI=1S/C19H15BrClN3OS/c1-12-5-6-15(9-16(12)21)23-10-22-19-24(11-23)18(25)17(26-19)8-13-3-2-4-14(20)7-13/h2-9H,10-11H2,1H3/b17-8-. The number of hydrogen-bond donors (Lipinski definition) is 0. The van der Waals surface area contributed by atoms with E-state index in [1.54, 1.807) is 4.57 Å². The maximum Gasteiger partial charge on any atom is 0.271 e. The van der Waals surface area contributed by atoms with E-state index in [9.17, 15) is 4.79 Å². The summed E-state index contributed by atoms with van der Waals surface area (Å²) in [5.74, 6) is 0. The molecule has 2 heterocycles. The molecule has 4 rings (SSSR count). The van der Waals surface area contributed by atoms with Crippen LogP contribution in [0.1, 0.15) is 11.1 Å². The zero-order valence-electron chi connectivity index (χ0n) is 13.9. The first-order valence-electron chi connectivity index (χ1n) is 8.04. The molecule has 0 saturated carbocycles. The van der Waals surface area contributed by atoms with Crippen LogP contribution in [0.15, 0.2) is 56.7 Å². The first kappa shape index (κ1) is 17.5. The Morgan fingerprint density at radius 2 is 2.12 bits per heavy atom. The zero-order valence-corrected chi connectivity index (χ0v) is 17.1. The molecule has 0 aliphatic carbocycles. The summed E-state index contributed by atoms with van der Waals surface area (Å²) < 4.78 is 3.39. The van der Waals surface area contributed by atoms with Crippen LogP contribution in [0.2, 0.25) is 5.02 Å². The number of nitrogens with zero attached hydrogens (tertiary/aromatic N) is 3. The molecular formula is C19H15BrClN3OS. The van der Waals surface area contributed by atoms with Gasteiger partial charge in [0.25, 0.3) is 5.56 Å². The molecule has 1 aromatic heterocycles. The number of rotatable bonds is 2. The monoisotopic (exact) mass is 447 g/mol. The molecule has 1 aliphatic heterocycles. The third-order valence-electron chi connectivity index (χ3n) is 4.24. The van der Waals surface area contributed by atoms with Gasteiger partial charge in [-0.3, -0.25) is 9.36 Å². The van der Waals surface area contributed by atoms with Gasteiger partial charge in [0.2, 0.25) is 0 Å². The number of hydrogen-bond acceptors (Lipinski definition) is 4. The van der Waals surface area contributed by atoms with E-state index in [-0.39, 0.29) is 5.56 Å². The molecule has 0 saturated heterocycles. The molecule has 0 unspecified atom stereocenters. The van der Waals surface area contributed by atoms with Gasteiger partial charge in [-0.05, 0) is 48.4 Å². The van der Waals surface area contributed by atoms with Gasteiger partial charge in [-0.15, -0.1) is 0 Å². The van der Waals surface area contributed by atoms with Crippen LogP contribution in [0.4, 0.5) is 5.69 Å². The predicted octanol–water partition coefficient (Wildman–Crippen LogP) is 3.52. The number of anilines is 1. The molecule has 0 N–H and O–H groups in total. The summed E-state index contributed by atoms with van der Waals surface area (Å²) in [4.78, 5) is 20.2. The van der Waals surface area contributed by atoms with Crippen molar-refractivity contribution in [2.24, 2.45) is 4.99 Å². The van der Waals surface area contributed by atoms with Crippen LogP contribution in [-0.2, 0) is 6.67 Å². The van der Waals surface area contributed by atoms with Gasteiger partial charge >= 0.3 is 0 Å². The molecule has 7 heteroatoms. The molecule has 2 aromatic carbocycles. The lowest BCUT2D eigenvalue weighted by Gasteiger charge is -2.26. The molecule has 1 aliphatic rings. The average molecular weight is 449 g/mol. The zero-order chi connectivity index (χ0) is 18.3. The minimum atomic E-state index is -0.0170. The van der Waals surface area contributed by atoms with Gasteiger partial charge in [0.05, 0.1) is 4.53 Å². The van der Waals surface area contributed by atoms with Crippen LogP contribution < -0.4 is 19.8 Å². The number of benzene rings is 2. The number of halogens is 2. The van der Waals surface area contributed by atoms with E-state index < -0.39 is 0 Å². The lowest BCUT2D eigenvalue weighted by Crippen LogP contribution is -2.42. The highest BCUT2D eigenvalue weighted by molar-refractivity contribution is 9.10. The van der Waals surface area contributed by atoms with Gasteiger partial charge in [-0.1, -0.05) is 57.1 Å². The van der Waals surface area contributed by atoms with Gasteiger partial charge < -0.3 is 4.90 Å². The van der Waals surface area contributed by atoms with Crippen molar-refractivity contribution >= 4 is 50.6 Å². The van der Waals surface area contributed by atoms with E-state index in [0.29, 0.717) is 17.9 Å². The first-order chi connectivity index (χ1) is 12.5. The largest absolute Gasteiger partial charge is 0.334 e. The topological polar surface area (TPSA) is 37.6 Å². The van der Waals surface area contributed by atoms with E-state index >= 15 is 0 Å². The van der Waals surface area contributed by atoms with Crippen molar-refractivity contribution in [1.82, 2.24) is 4.57 Å². The second kappa shape index (κ2) is 7.02. The van der Waals surface area contributed by atoms with Crippen molar-refractivity contribution < 1.29 is 0 Å². The normalized spacial score (nSPS) is 14.3. The molecular weight excluding hydrogens is 434 g/mol. The minimum Gasteiger partial charge on any atom is -0.334 e. The second-order valence-corrected chi connectivity index (χ2v) is 8.43. The Morgan fingerprint density at radius 1 is 1.27 bits per heavy atom. The maximum atomic E-state index is 12.8. The Hall–Kier alpha value is -1.89. The Morgan fingerprint density at radius 3 is 2.88 bits per heavy atom. The van der Waals surface area contributed by atoms with Crippen LogP contribution in [0.3, 0.4) is 0 Å². The summed E-state index contributed by atoms with van der Waals surface area (Å²) in [6.07, 6.45) is 1.91. The molecule has 26 heavy (non-hydrogen) atoms. The highest BCUT2D eigenvalue weighted by Gasteiger charge is 2.16. The van der Waals surface area contributed by atoms with Crippen molar-refractivity contribution in [3.8, 4) is 0 Å². The third-order valence-corrected chi connectivity index (χ3v) is 6.19. The van der Waals surface area contributed by atoms with Crippen LogP contribution in [-0.4, -0.2) is 11.2 Å². The summed E-state index contributed by atoms with van der Waals surface area (Å²) >= 11 is 11.1. The quantitative estimate of drug-likeness (QED) is 0.602. The molecule has 132 valence electrons. The lowest BCUT2D eigenvalue weighted by molar-refractivity contribution is 0.569. The summed E-state index contributed by atoms with van der Waals surface area (Å²) in [5, 5.41) is 0.717. The number of aryl methyl sites for hydroxylation is 1. The SMILES string of the molecule is Cc1ccc(N2CN=c3s/c(=C\c4cccc(Br)c4)c(=O)n3C2)cc1Cl. The van der Waals surface area contributed by atoms with Crippen molar-refractivity contribution in [1.29, 1.82) is 0 Å². The van der Waals surface area contributed by atoms with Gasteiger partial charge in [0.1, 0.15) is 13.3 Å². The second-order valence-electron chi connectivity index (χ2n) is 6.10. The number of aromatic nitrogens is 1. The Balaban J connectivity index is 1.72. The highest BCUT2D eigenvalue weighted by Crippen LogP contribution is 2.23. The smallest absolute Gasteiger partial charge is 0.271 e. The van der Waals surface area contributed by atoms with Gasteiger partial charge in [-0.25, -0.2) is 4.99 Å². The average Bonchev–Trinajstić information content (AvgIpc) is 2.93. The van der Waals surface area contributed by atoms with Crippen LogP contribution >= 0.6 is 38.9 Å². The first-order valence-corrected chi connectivity index (χ1v) is 10.0. The predicted molar refractivity (Wildman–Crippen MR) is 111 cm³/mol. The summed E-state index contributed by atoms with van der Waals surface area (Å²) in [5.41, 5.74) is 2.96. The number of thiazole rings is 1. The molecule has 0 amide bonds. The lowest BCUT2D eigenvalue weighted by atomic mass is 10.2. The maximum absolute atomic E-state index is 12.8. The fourth-order valence-corrected chi connectivity index (χ4v) is 4.36. The van der Waals surface area contributed by atoms with E-state index in [0.717, 1.165) is 31.1 Å². The third kappa shape index (κ3) is 3.37. The summed E-state index contributed by atoms with van der Waals surface area (Å²) in [6.45, 7) is 2.95. The van der Waals surface area contributed by atoms with E-state index in [1.165, 1.54) is 11.3 Å². The van der Waals surface area contributed by atoms with Gasteiger partial charge in [0.15, 0.2) is 4.80 Å². The Bertz CT molecular complexity index is 1170. The van der Waals surface area contributed by atoms with Crippen molar-refractivity contribution in [2.75, 3.05) is 11.6 Å². The highest BCUT2D eigenvalue weighted by atomic mass is 79.9. The Kier molecular flexibility index (Phi) is 4.73. The summed E-state index contributed by atoms with van der Waals surface area (Å²) in [6, 6.07) is 13.8. The molecule has 0 spiro atoms. The van der Waals surface area contributed by atoms with Gasteiger partial charge in [0, 0.05) is 15.2 Å². The van der Waals surface area contributed by atoms with Crippen LogP contribution in [0.25, 0.3) is 6.08 Å². The van der Waals surface area contributed by atoms with E-state index in [4.69, 9.17) is 11.6 Å². The number of fused-ring (bicyclic) bond motifs is 1. The van der Waals surface area contributed by atoms with Gasteiger partial charge in [-0.2, -0.15) is 0 Å².